The van der Waals surface area contributed by atoms with E-state index in [0.29, 0.717) is 16.7 Å². The molecule has 0 atom stereocenters. The number of esters is 1. The van der Waals surface area contributed by atoms with Crippen LogP contribution in [-0.4, -0.2) is 18.2 Å². The number of furan rings is 1. The Balaban J connectivity index is 2.23. The van der Waals surface area contributed by atoms with Crippen LogP contribution in [0, 0.1) is 0 Å². The van der Waals surface area contributed by atoms with E-state index in [1.54, 1.807) is 6.26 Å². The first-order chi connectivity index (χ1) is 9.81. The van der Waals surface area contributed by atoms with E-state index < -0.39 is 11.6 Å². The fourth-order valence-electron chi connectivity index (χ4n) is 1.90. The average molecular weight is 420 g/mol. The molecule has 0 radical (unpaired) electrons. The number of benzene rings is 1. The summed E-state index contributed by atoms with van der Waals surface area (Å²) in [5.74, 6) is 0.229. The average Bonchev–Trinajstić information content (AvgIpc) is 2.85. The van der Waals surface area contributed by atoms with E-state index in [-0.39, 0.29) is 6.61 Å². The summed E-state index contributed by atoms with van der Waals surface area (Å²) in [6, 6.07) is 3.72. The molecule has 1 heterocycles. The van der Waals surface area contributed by atoms with Gasteiger partial charge < -0.3 is 13.9 Å². The van der Waals surface area contributed by atoms with E-state index in [1.165, 1.54) is 0 Å². The molecule has 0 amide bonds. The molecule has 1 aromatic heterocycles. The molecular formula is C15H16Br2O4. The monoisotopic (exact) mass is 418 g/mol. The molecule has 4 nitrogen and oxygen atoms in total. The van der Waals surface area contributed by atoms with Crippen molar-refractivity contribution in [3.63, 3.8) is 0 Å². The van der Waals surface area contributed by atoms with Crippen molar-refractivity contribution in [3.8, 4) is 5.75 Å². The number of rotatable bonds is 4. The van der Waals surface area contributed by atoms with E-state index in [9.17, 15) is 4.79 Å². The zero-order valence-electron chi connectivity index (χ0n) is 12.0. The van der Waals surface area contributed by atoms with Crippen molar-refractivity contribution in [1.82, 2.24) is 0 Å². The Morgan fingerprint density at radius 2 is 2.10 bits per heavy atom. The molecule has 0 saturated heterocycles. The number of hydrogen-bond acceptors (Lipinski definition) is 4. The van der Waals surface area contributed by atoms with Gasteiger partial charge in [0.2, 0.25) is 0 Å². The van der Waals surface area contributed by atoms with Gasteiger partial charge in [0.1, 0.15) is 11.4 Å². The Hall–Kier alpha value is -1.01. The van der Waals surface area contributed by atoms with Crippen LogP contribution in [0.3, 0.4) is 0 Å². The number of halogens is 2. The van der Waals surface area contributed by atoms with Crippen LogP contribution < -0.4 is 4.74 Å². The number of carbonyl (C=O) groups is 1. The number of ether oxygens (including phenoxy) is 2. The van der Waals surface area contributed by atoms with Gasteiger partial charge in [-0.2, -0.15) is 0 Å². The number of carbonyl (C=O) groups excluding carboxylic acids is 1. The highest BCUT2D eigenvalue weighted by Gasteiger charge is 2.19. The summed E-state index contributed by atoms with van der Waals surface area (Å²) in [7, 11) is 0. The summed E-state index contributed by atoms with van der Waals surface area (Å²) in [5, 5.41) is 1.43. The quantitative estimate of drug-likeness (QED) is 0.527. The fraction of sp³-hybridized carbons (Fsp3) is 0.400. The van der Waals surface area contributed by atoms with Gasteiger partial charge in [-0.3, -0.25) is 0 Å². The van der Waals surface area contributed by atoms with Gasteiger partial charge in [0.25, 0.3) is 0 Å². The van der Waals surface area contributed by atoms with E-state index in [1.807, 2.05) is 32.9 Å². The zero-order valence-corrected chi connectivity index (χ0v) is 15.2. The van der Waals surface area contributed by atoms with Gasteiger partial charge in [0.15, 0.2) is 12.2 Å². The van der Waals surface area contributed by atoms with E-state index in [2.05, 4.69) is 31.9 Å². The SMILES string of the molecule is CC(C)(C)OC(=O)COc1c(CBr)cc(Br)c2occc12. The Labute approximate surface area is 140 Å². The Bertz CT molecular complexity index is 655. The van der Waals surface area contributed by atoms with Gasteiger partial charge in [0.05, 0.1) is 16.1 Å². The van der Waals surface area contributed by atoms with Crippen LogP contribution in [0.4, 0.5) is 0 Å². The van der Waals surface area contributed by atoms with Crippen molar-refractivity contribution < 1.29 is 18.7 Å². The minimum absolute atomic E-state index is 0.140. The molecule has 0 N–H and O–H groups in total. The maximum atomic E-state index is 11.8. The smallest absolute Gasteiger partial charge is 0.344 e. The van der Waals surface area contributed by atoms with Crippen molar-refractivity contribution in [2.75, 3.05) is 6.61 Å². The summed E-state index contributed by atoms with van der Waals surface area (Å²) in [4.78, 5) is 11.8. The molecule has 0 saturated carbocycles. The van der Waals surface area contributed by atoms with Crippen LogP contribution in [0.15, 0.2) is 27.3 Å². The lowest BCUT2D eigenvalue weighted by molar-refractivity contribution is -0.157. The van der Waals surface area contributed by atoms with Crippen molar-refractivity contribution in [2.24, 2.45) is 0 Å². The minimum atomic E-state index is -0.524. The summed E-state index contributed by atoms with van der Waals surface area (Å²) in [6.45, 7) is 5.33. The first kappa shape index (κ1) is 16.4. The Morgan fingerprint density at radius 1 is 1.38 bits per heavy atom. The predicted octanol–water partition coefficient (Wildman–Crippen LogP) is 4.81. The van der Waals surface area contributed by atoms with Crippen molar-refractivity contribution in [3.05, 3.63) is 28.4 Å². The first-order valence-corrected chi connectivity index (χ1v) is 8.32. The zero-order chi connectivity index (χ0) is 15.6. The summed E-state index contributed by atoms with van der Waals surface area (Å²) in [6.07, 6.45) is 1.59. The molecule has 0 unspecified atom stereocenters. The molecule has 114 valence electrons. The molecule has 2 aromatic rings. The molecule has 21 heavy (non-hydrogen) atoms. The van der Waals surface area contributed by atoms with Gasteiger partial charge in [0, 0.05) is 10.9 Å². The van der Waals surface area contributed by atoms with Gasteiger partial charge >= 0.3 is 5.97 Å². The molecule has 0 aliphatic carbocycles. The third kappa shape index (κ3) is 4.01. The second-order valence-corrected chi connectivity index (χ2v) is 6.93. The van der Waals surface area contributed by atoms with Gasteiger partial charge in [-0.1, -0.05) is 15.9 Å². The summed E-state index contributed by atoms with van der Waals surface area (Å²) >= 11 is 6.88. The standard InChI is InChI=1S/C15H16Br2O4/c1-15(2,3)21-12(18)8-20-13-9(7-16)6-11(17)14-10(13)4-5-19-14/h4-6H,7-8H2,1-3H3. The number of hydrogen-bond donors (Lipinski definition) is 0. The van der Waals surface area contributed by atoms with Gasteiger partial charge in [-0.05, 0) is 48.8 Å². The van der Waals surface area contributed by atoms with Crippen LogP contribution in [0.25, 0.3) is 11.0 Å². The highest BCUT2D eigenvalue weighted by Crippen LogP contribution is 2.37. The molecule has 0 fully saturated rings. The van der Waals surface area contributed by atoms with Crippen LogP contribution in [0.1, 0.15) is 26.3 Å². The highest BCUT2D eigenvalue weighted by molar-refractivity contribution is 9.10. The van der Waals surface area contributed by atoms with Gasteiger partial charge in [-0.25, -0.2) is 4.79 Å². The molecule has 1 aromatic carbocycles. The second kappa shape index (κ2) is 6.40. The fourth-order valence-corrected chi connectivity index (χ4v) is 2.90. The third-order valence-electron chi connectivity index (χ3n) is 2.62. The maximum Gasteiger partial charge on any atom is 0.344 e. The molecule has 0 aliphatic heterocycles. The van der Waals surface area contributed by atoms with E-state index in [0.717, 1.165) is 15.4 Å². The minimum Gasteiger partial charge on any atom is -0.481 e. The first-order valence-electron chi connectivity index (χ1n) is 6.41. The Morgan fingerprint density at radius 3 is 2.71 bits per heavy atom. The molecule has 0 aliphatic rings. The molecule has 2 rings (SSSR count). The highest BCUT2D eigenvalue weighted by atomic mass is 79.9. The van der Waals surface area contributed by atoms with E-state index >= 15 is 0 Å². The normalized spacial score (nSPS) is 11.7. The largest absolute Gasteiger partial charge is 0.481 e. The topological polar surface area (TPSA) is 48.7 Å². The third-order valence-corrected chi connectivity index (χ3v) is 3.81. The lowest BCUT2D eigenvalue weighted by Crippen LogP contribution is -2.27. The van der Waals surface area contributed by atoms with Gasteiger partial charge in [-0.15, -0.1) is 0 Å². The van der Waals surface area contributed by atoms with Crippen molar-refractivity contribution in [1.29, 1.82) is 0 Å². The second-order valence-electron chi connectivity index (χ2n) is 5.52. The lowest BCUT2D eigenvalue weighted by atomic mass is 10.1. The Kier molecular flexibility index (Phi) is 4.99. The van der Waals surface area contributed by atoms with Crippen LogP contribution in [-0.2, 0) is 14.9 Å². The van der Waals surface area contributed by atoms with Crippen LogP contribution in [0.5, 0.6) is 5.75 Å². The summed E-state index contributed by atoms with van der Waals surface area (Å²) in [5.41, 5.74) is 1.10. The number of alkyl halides is 1. The molecule has 6 heteroatoms. The van der Waals surface area contributed by atoms with Crippen LogP contribution in [0.2, 0.25) is 0 Å². The molecular weight excluding hydrogens is 404 g/mol. The van der Waals surface area contributed by atoms with Crippen molar-refractivity contribution >= 4 is 48.8 Å². The summed E-state index contributed by atoms with van der Waals surface area (Å²) < 4.78 is 17.2. The predicted molar refractivity (Wildman–Crippen MR) is 87.9 cm³/mol. The number of fused-ring (bicyclic) bond motifs is 1. The lowest BCUT2D eigenvalue weighted by Gasteiger charge is -2.20. The molecule has 0 spiro atoms. The van der Waals surface area contributed by atoms with Crippen molar-refractivity contribution in [2.45, 2.75) is 31.7 Å². The van der Waals surface area contributed by atoms with E-state index in [4.69, 9.17) is 13.9 Å². The molecule has 0 bridgehead atoms. The van der Waals surface area contributed by atoms with Crippen LogP contribution >= 0.6 is 31.9 Å². The maximum absolute atomic E-state index is 11.8.